The molecule has 7 heteroatoms. The number of carbonyl (C=O) groups excluding carboxylic acids is 1. The Balaban J connectivity index is 2.09. The number of nitrogens with zero attached hydrogens (tertiary/aromatic N) is 1. The third kappa shape index (κ3) is 3.66. The number of aryl methyl sites for hydroxylation is 1. The zero-order chi connectivity index (χ0) is 19.6. The van der Waals surface area contributed by atoms with Gasteiger partial charge in [-0.3, -0.25) is 9.78 Å². The number of benzene rings is 2. The number of halogens is 2. The number of primary amides is 1. The summed E-state index contributed by atoms with van der Waals surface area (Å²) in [4.78, 5) is 16.1. The second-order valence-corrected chi connectivity index (χ2v) is 6.30. The summed E-state index contributed by atoms with van der Waals surface area (Å²) in [5.41, 5.74) is 7.80. The Hall–Kier alpha value is -2.86. The predicted octanol–water partition coefficient (Wildman–Crippen LogP) is 4.91. The zero-order valence-electron chi connectivity index (χ0n) is 15.0. The summed E-state index contributed by atoms with van der Waals surface area (Å²) in [5, 5.41) is 3.50. The van der Waals surface area contributed by atoms with E-state index in [2.05, 4.69) is 10.3 Å². The Morgan fingerprint density at radius 1 is 1.26 bits per heavy atom. The molecule has 0 spiro atoms. The van der Waals surface area contributed by atoms with Crippen LogP contribution < -0.4 is 15.8 Å². The van der Waals surface area contributed by atoms with Gasteiger partial charge in [0.05, 0.1) is 11.2 Å². The average molecular weight is 388 g/mol. The Morgan fingerprint density at radius 3 is 2.70 bits per heavy atom. The van der Waals surface area contributed by atoms with Crippen LogP contribution in [0.4, 0.5) is 10.1 Å². The molecule has 5 nitrogen and oxygen atoms in total. The van der Waals surface area contributed by atoms with Crippen molar-refractivity contribution in [3.05, 3.63) is 58.5 Å². The van der Waals surface area contributed by atoms with Crippen molar-refractivity contribution in [1.82, 2.24) is 4.98 Å². The summed E-state index contributed by atoms with van der Waals surface area (Å²) < 4.78 is 20.4. The molecule has 0 aliphatic carbocycles. The van der Waals surface area contributed by atoms with Gasteiger partial charge in [-0.15, -0.1) is 0 Å². The molecule has 0 unspecified atom stereocenters. The number of aromatic nitrogens is 1. The van der Waals surface area contributed by atoms with E-state index in [4.69, 9.17) is 22.1 Å². The van der Waals surface area contributed by atoms with E-state index in [1.54, 1.807) is 30.5 Å². The molecule has 0 aliphatic rings. The number of pyridine rings is 1. The first kappa shape index (κ1) is 18.9. The van der Waals surface area contributed by atoms with Crippen LogP contribution in [0.3, 0.4) is 0 Å². The first-order valence-electron chi connectivity index (χ1n) is 8.57. The highest BCUT2D eigenvalue weighted by molar-refractivity contribution is 6.33. The van der Waals surface area contributed by atoms with Crippen LogP contribution in [0.15, 0.2) is 36.5 Å². The number of rotatable bonds is 6. The van der Waals surface area contributed by atoms with E-state index in [1.165, 1.54) is 6.07 Å². The van der Waals surface area contributed by atoms with E-state index < -0.39 is 11.7 Å². The standard InChI is InChI=1S/C20H19ClFN3O2/c1-3-11-9-15-13(10-12(11)20(23)26)16(7-8-25-15)27-17-6-5-14(24-4-2)18(21)19(17)22/h5-10,24H,3-4H2,1-2H3,(H2,23,26). The summed E-state index contributed by atoms with van der Waals surface area (Å²) >= 11 is 6.08. The summed E-state index contributed by atoms with van der Waals surface area (Å²) in [6.45, 7) is 4.43. The first-order valence-corrected chi connectivity index (χ1v) is 8.95. The number of hydrogen-bond donors (Lipinski definition) is 2. The predicted molar refractivity (Wildman–Crippen MR) is 105 cm³/mol. The fourth-order valence-corrected chi connectivity index (χ4v) is 3.10. The third-order valence-electron chi connectivity index (χ3n) is 4.21. The Kier molecular flexibility index (Phi) is 5.46. The number of nitrogens with one attached hydrogen (secondary N) is 1. The van der Waals surface area contributed by atoms with Gasteiger partial charge in [0.25, 0.3) is 0 Å². The molecule has 0 aliphatic heterocycles. The van der Waals surface area contributed by atoms with Crippen LogP contribution in [0.1, 0.15) is 29.8 Å². The van der Waals surface area contributed by atoms with E-state index in [0.717, 1.165) is 5.56 Å². The molecule has 3 rings (SSSR count). The van der Waals surface area contributed by atoms with Gasteiger partial charge >= 0.3 is 0 Å². The minimum Gasteiger partial charge on any atom is -0.453 e. The van der Waals surface area contributed by atoms with Gasteiger partial charge in [-0.25, -0.2) is 4.39 Å². The second kappa shape index (κ2) is 7.80. The quantitative estimate of drug-likeness (QED) is 0.629. The number of ether oxygens (including phenoxy) is 1. The Labute approximate surface area is 161 Å². The van der Waals surface area contributed by atoms with Crippen LogP contribution in [0.5, 0.6) is 11.5 Å². The Morgan fingerprint density at radius 2 is 2.04 bits per heavy atom. The highest BCUT2D eigenvalue weighted by atomic mass is 35.5. The molecule has 0 saturated carbocycles. The molecular formula is C20H19ClFN3O2. The average Bonchev–Trinajstić information content (AvgIpc) is 2.66. The normalized spacial score (nSPS) is 10.8. The first-order chi connectivity index (χ1) is 13.0. The molecule has 3 N–H and O–H groups in total. The molecule has 2 aromatic carbocycles. The van der Waals surface area contributed by atoms with Crippen molar-refractivity contribution in [1.29, 1.82) is 0 Å². The smallest absolute Gasteiger partial charge is 0.249 e. The summed E-state index contributed by atoms with van der Waals surface area (Å²) in [7, 11) is 0. The summed E-state index contributed by atoms with van der Waals surface area (Å²) in [6, 6.07) is 8.17. The molecule has 0 atom stereocenters. The lowest BCUT2D eigenvalue weighted by molar-refractivity contribution is 0.0999. The topological polar surface area (TPSA) is 77.2 Å². The van der Waals surface area contributed by atoms with Gasteiger partial charge in [0.1, 0.15) is 10.8 Å². The monoisotopic (exact) mass is 387 g/mol. The molecular weight excluding hydrogens is 369 g/mol. The van der Waals surface area contributed by atoms with Crippen LogP contribution in [-0.2, 0) is 6.42 Å². The number of fused-ring (bicyclic) bond motifs is 1. The van der Waals surface area contributed by atoms with Crippen LogP contribution in [-0.4, -0.2) is 17.4 Å². The largest absolute Gasteiger partial charge is 0.453 e. The van der Waals surface area contributed by atoms with Crippen molar-refractivity contribution in [2.75, 3.05) is 11.9 Å². The lowest BCUT2D eigenvalue weighted by Crippen LogP contribution is -2.13. The fraction of sp³-hybridized carbons (Fsp3) is 0.200. The molecule has 0 bridgehead atoms. The summed E-state index contributed by atoms with van der Waals surface area (Å²) in [6.07, 6.45) is 2.20. The third-order valence-corrected chi connectivity index (χ3v) is 4.58. The highest BCUT2D eigenvalue weighted by Crippen LogP contribution is 2.36. The second-order valence-electron chi connectivity index (χ2n) is 5.93. The van der Waals surface area contributed by atoms with Crippen molar-refractivity contribution in [2.24, 2.45) is 5.73 Å². The van der Waals surface area contributed by atoms with Gasteiger partial charge < -0.3 is 15.8 Å². The van der Waals surface area contributed by atoms with Crippen LogP contribution in [0.25, 0.3) is 10.9 Å². The molecule has 0 fully saturated rings. The SMILES string of the molecule is CCNc1ccc(Oc2ccnc3cc(CC)c(C(N)=O)cc23)c(F)c1Cl. The van der Waals surface area contributed by atoms with E-state index >= 15 is 0 Å². The van der Waals surface area contributed by atoms with E-state index in [1.807, 2.05) is 13.8 Å². The maximum Gasteiger partial charge on any atom is 0.249 e. The molecule has 0 saturated heterocycles. The molecule has 0 radical (unpaired) electrons. The minimum atomic E-state index is -0.666. The van der Waals surface area contributed by atoms with Gasteiger partial charge in [0.2, 0.25) is 5.91 Å². The maximum atomic E-state index is 14.6. The van der Waals surface area contributed by atoms with E-state index in [0.29, 0.717) is 40.9 Å². The number of hydrogen-bond acceptors (Lipinski definition) is 4. The fourth-order valence-electron chi connectivity index (χ4n) is 2.88. The number of anilines is 1. The van der Waals surface area contributed by atoms with Crippen LogP contribution in [0, 0.1) is 5.82 Å². The number of carbonyl (C=O) groups is 1. The molecule has 1 aromatic heterocycles. The van der Waals surface area contributed by atoms with Gasteiger partial charge in [-0.1, -0.05) is 18.5 Å². The molecule has 27 heavy (non-hydrogen) atoms. The summed E-state index contributed by atoms with van der Waals surface area (Å²) in [5.74, 6) is -0.862. The molecule has 1 amide bonds. The van der Waals surface area contributed by atoms with E-state index in [9.17, 15) is 9.18 Å². The van der Waals surface area contributed by atoms with Crippen molar-refractivity contribution in [3.63, 3.8) is 0 Å². The number of amides is 1. The zero-order valence-corrected chi connectivity index (χ0v) is 15.7. The van der Waals surface area contributed by atoms with E-state index in [-0.39, 0.29) is 10.8 Å². The molecule has 3 aromatic rings. The van der Waals surface area contributed by atoms with Gasteiger partial charge in [0, 0.05) is 23.7 Å². The maximum absolute atomic E-state index is 14.6. The lowest BCUT2D eigenvalue weighted by Gasteiger charge is -2.14. The highest BCUT2D eigenvalue weighted by Gasteiger charge is 2.16. The van der Waals surface area contributed by atoms with Gasteiger partial charge in [0.15, 0.2) is 11.6 Å². The lowest BCUT2D eigenvalue weighted by atomic mass is 10.0. The van der Waals surface area contributed by atoms with Crippen molar-refractivity contribution < 1.29 is 13.9 Å². The molecule has 1 heterocycles. The van der Waals surface area contributed by atoms with Gasteiger partial charge in [-0.2, -0.15) is 0 Å². The van der Waals surface area contributed by atoms with Crippen molar-refractivity contribution in [3.8, 4) is 11.5 Å². The van der Waals surface area contributed by atoms with Crippen molar-refractivity contribution in [2.45, 2.75) is 20.3 Å². The Bertz CT molecular complexity index is 1020. The number of nitrogens with two attached hydrogens (primary N) is 1. The van der Waals surface area contributed by atoms with Crippen LogP contribution >= 0.6 is 11.6 Å². The van der Waals surface area contributed by atoms with Crippen molar-refractivity contribution >= 4 is 34.1 Å². The van der Waals surface area contributed by atoms with Crippen LogP contribution in [0.2, 0.25) is 5.02 Å². The molecule has 140 valence electrons. The minimum absolute atomic E-state index is 0.0191. The van der Waals surface area contributed by atoms with Gasteiger partial charge in [-0.05, 0) is 49.2 Å².